The van der Waals surface area contributed by atoms with Gasteiger partial charge in [0.25, 0.3) is 0 Å². The molecular formula is C18H12N4S4. The molecule has 0 saturated heterocycles. The molecule has 0 amide bonds. The van der Waals surface area contributed by atoms with E-state index in [-0.39, 0.29) is 0 Å². The summed E-state index contributed by atoms with van der Waals surface area (Å²) in [6, 6.07) is 13.2. The van der Waals surface area contributed by atoms with Crippen molar-refractivity contribution < 1.29 is 0 Å². The third-order valence-electron chi connectivity index (χ3n) is 4.58. The van der Waals surface area contributed by atoms with E-state index >= 15 is 0 Å². The fraction of sp³-hybridized carbons (Fsp3) is 0. The van der Waals surface area contributed by atoms with Gasteiger partial charge in [0.15, 0.2) is 0 Å². The maximum atomic E-state index is 3.36. The molecule has 4 nitrogen and oxygen atoms in total. The van der Waals surface area contributed by atoms with Crippen molar-refractivity contribution in [1.29, 1.82) is 0 Å². The second-order valence-corrected chi connectivity index (χ2v) is 9.49. The van der Waals surface area contributed by atoms with E-state index in [9.17, 15) is 0 Å². The van der Waals surface area contributed by atoms with E-state index in [1.165, 1.54) is 52.1 Å². The minimum Gasteiger partial charge on any atom is -0.290 e. The monoisotopic (exact) mass is 412 g/mol. The Morgan fingerprint density at radius 2 is 1.15 bits per heavy atom. The number of nitrogens with one attached hydrogen (secondary N) is 4. The largest absolute Gasteiger partial charge is 0.290 e. The van der Waals surface area contributed by atoms with Gasteiger partial charge >= 0.3 is 0 Å². The van der Waals surface area contributed by atoms with Gasteiger partial charge in [0, 0.05) is 31.7 Å². The van der Waals surface area contributed by atoms with E-state index in [0.717, 1.165) is 0 Å². The first kappa shape index (κ1) is 14.9. The Hall–Kier alpha value is -2.26. The summed E-state index contributed by atoms with van der Waals surface area (Å²) in [6.45, 7) is 0. The Kier molecular flexibility index (Phi) is 3.21. The Labute approximate surface area is 163 Å². The van der Waals surface area contributed by atoms with Crippen molar-refractivity contribution in [3.8, 4) is 20.9 Å². The van der Waals surface area contributed by atoms with Gasteiger partial charge in [-0.15, -0.1) is 22.7 Å². The molecule has 0 spiro atoms. The Morgan fingerprint density at radius 3 is 1.58 bits per heavy atom. The molecule has 6 aromatic rings. The molecule has 4 N–H and O–H groups in total. The van der Waals surface area contributed by atoms with E-state index in [0.29, 0.717) is 0 Å². The van der Waals surface area contributed by atoms with Crippen molar-refractivity contribution in [3.05, 3.63) is 47.2 Å². The van der Waals surface area contributed by atoms with Crippen LogP contribution in [0.15, 0.2) is 47.2 Å². The summed E-state index contributed by atoms with van der Waals surface area (Å²) >= 11 is 6.86. The number of rotatable bonds is 2. The van der Waals surface area contributed by atoms with Gasteiger partial charge in [-0.05, 0) is 58.1 Å². The highest BCUT2D eigenvalue weighted by Gasteiger charge is 2.17. The number of fused-ring (bicyclic) bond motifs is 5. The lowest BCUT2D eigenvalue weighted by Crippen LogP contribution is -1.84. The predicted molar refractivity (Wildman–Crippen MR) is 116 cm³/mol. The third kappa shape index (κ3) is 2.04. The lowest BCUT2D eigenvalue weighted by Gasteiger charge is -2.08. The zero-order valence-corrected chi connectivity index (χ0v) is 16.5. The smallest absolute Gasteiger partial charge is 0.0829 e. The first-order valence-electron chi connectivity index (χ1n) is 8.01. The van der Waals surface area contributed by atoms with Crippen molar-refractivity contribution in [1.82, 2.24) is 19.2 Å². The van der Waals surface area contributed by atoms with E-state index in [4.69, 9.17) is 0 Å². The third-order valence-corrected chi connectivity index (χ3v) is 8.05. The van der Waals surface area contributed by atoms with Crippen LogP contribution in [0.4, 0.5) is 0 Å². The number of aromatic nitrogens is 4. The first-order valence-corrected chi connectivity index (χ1v) is 11.4. The average Bonchev–Trinajstić information content (AvgIpc) is 3.48. The van der Waals surface area contributed by atoms with Crippen LogP contribution in [0.25, 0.3) is 52.1 Å². The molecule has 0 unspecified atom stereocenters. The van der Waals surface area contributed by atoms with Gasteiger partial charge in [0.1, 0.15) is 0 Å². The highest BCUT2D eigenvalue weighted by molar-refractivity contribution is 7.16. The van der Waals surface area contributed by atoms with E-state index < -0.39 is 0 Å². The highest BCUT2D eigenvalue weighted by Crippen LogP contribution is 2.43. The predicted octanol–water partition coefficient (Wildman–Crippen LogP) is 7.16. The molecular weight excluding hydrogens is 400 g/mol. The van der Waals surface area contributed by atoms with Gasteiger partial charge in [-0.1, -0.05) is 12.1 Å². The molecule has 0 bridgehead atoms. The van der Waals surface area contributed by atoms with Crippen LogP contribution < -0.4 is 0 Å². The summed E-state index contributed by atoms with van der Waals surface area (Å²) in [6.07, 6.45) is 0. The van der Waals surface area contributed by atoms with Crippen molar-refractivity contribution >= 4 is 76.9 Å². The lowest BCUT2D eigenvalue weighted by atomic mass is 10.0. The second-order valence-electron chi connectivity index (χ2n) is 5.96. The highest BCUT2D eigenvalue weighted by atomic mass is 32.1. The van der Waals surface area contributed by atoms with Gasteiger partial charge in [-0.2, -0.15) is 0 Å². The van der Waals surface area contributed by atoms with Crippen LogP contribution in [0.2, 0.25) is 0 Å². The van der Waals surface area contributed by atoms with Crippen molar-refractivity contribution in [2.75, 3.05) is 0 Å². The van der Waals surface area contributed by atoms with Crippen molar-refractivity contribution in [2.45, 2.75) is 0 Å². The lowest BCUT2D eigenvalue weighted by molar-refractivity contribution is 1.20. The molecule has 128 valence electrons. The zero-order valence-electron chi connectivity index (χ0n) is 13.3. The zero-order chi connectivity index (χ0) is 17.1. The van der Waals surface area contributed by atoms with Crippen LogP contribution in [0, 0.1) is 0 Å². The fourth-order valence-electron chi connectivity index (χ4n) is 3.45. The van der Waals surface area contributed by atoms with Gasteiger partial charge < -0.3 is 0 Å². The van der Waals surface area contributed by atoms with Gasteiger partial charge in [-0.3, -0.25) is 19.2 Å². The fourth-order valence-corrected chi connectivity index (χ4v) is 6.54. The van der Waals surface area contributed by atoms with E-state index in [2.05, 4.69) is 66.3 Å². The molecule has 4 aromatic heterocycles. The molecule has 0 aliphatic carbocycles. The standard InChI is InChI=1S/C18H12N4S4/c1-3-13(23-5-1)11-7-9-10(17-15(11)19-21-25-17)8-12(14-4-2-6-24-14)16-18(9)26-22-20-16/h1-8,19-22H. The molecule has 0 aliphatic rings. The van der Waals surface area contributed by atoms with Gasteiger partial charge in [0.2, 0.25) is 0 Å². The van der Waals surface area contributed by atoms with Crippen LogP contribution in [-0.2, 0) is 0 Å². The summed E-state index contributed by atoms with van der Waals surface area (Å²) in [5.74, 6) is 0. The quantitative estimate of drug-likeness (QED) is 0.233. The number of aromatic amines is 4. The normalized spacial score (nSPS) is 11.8. The van der Waals surface area contributed by atoms with Crippen molar-refractivity contribution in [3.63, 3.8) is 0 Å². The maximum Gasteiger partial charge on any atom is 0.0829 e. The molecule has 2 aromatic carbocycles. The van der Waals surface area contributed by atoms with E-state index in [1.807, 2.05) is 0 Å². The molecule has 6 rings (SSSR count). The Balaban J connectivity index is 1.82. The topological polar surface area (TPSA) is 63.2 Å². The summed E-state index contributed by atoms with van der Waals surface area (Å²) in [5.41, 5.74) is 4.84. The Morgan fingerprint density at radius 1 is 0.654 bits per heavy atom. The van der Waals surface area contributed by atoms with Gasteiger partial charge in [0.05, 0.1) is 20.4 Å². The molecule has 0 atom stereocenters. The molecule has 0 radical (unpaired) electrons. The molecule has 0 aliphatic heterocycles. The van der Waals surface area contributed by atoms with Crippen LogP contribution in [-0.4, -0.2) is 19.2 Å². The summed E-state index contributed by atoms with van der Waals surface area (Å²) < 4.78 is 9.01. The van der Waals surface area contributed by atoms with Crippen molar-refractivity contribution in [2.24, 2.45) is 0 Å². The molecule has 0 fully saturated rings. The Bertz CT molecular complexity index is 1270. The van der Waals surface area contributed by atoms with Crippen LogP contribution in [0.1, 0.15) is 0 Å². The maximum absolute atomic E-state index is 3.36. The number of hydrogen-bond acceptors (Lipinski definition) is 4. The SMILES string of the molecule is c1csc(-c2cc3c(cc(-c4cccs4)c4[nH][nH]sc43)c3s[nH][nH]c23)c1. The van der Waals surface area contributed by atoms with E-state index in [1.54, 1.807) is 45.7 Å². The summed E-state index contributed by atoms with van der Waals surface area (Å²) in [5, 5.41) is 13.5. The molecule has 0 saturated carbocycles. The first-order chi connectivity index (χ1) is 12.9. The molecule has 4 heterocycles. The molecule has 8 heteroatoms. The van der Waals surface area contributed by atoms with Crippen LogP contribution >= 0.6 is 45.7 Å². The van der Waals surface area contributed by atoms with Crippen LogP contribution in [0.5, 0.6) is 0 Å². The second kappa shape index (κ2) is 5.62. The average molecular weight is 413 g/mol. The number of benzene rings is 2. The minimum absolute atomic E-state index is 1.17. The van der Waals surface area contributed by atoms with Crippen LogP contribution in [0.3, 0.4) is 0 Å². The number of H-pyrrole nitrogens is 4. The molecule has 26 heavy (non-hydrogen) atoms. The minimum atomic E-state index is 1.17. The summed E-state index contributed by atoms with van der Waals surface area (Å²) in [7, 11) is 0. The summed E-state index contributed by atoms with van der Waals surface area (Å²) in [4.78, 5) is 2.56. The van der Waals surface area contributed by atoms with Gasteiger partial charge in [-0.25, -0.2) is 0 Å². The number of hydrogen-bond donors (Lipinski definition) is 4. The number of thiophene rings is 2.